The molecule has 3 aromatic rings. The van der Waals surface area contributed by atoms with E-state index < -0.39 is 42.2 Å². The Morgan fingerprint density at radius 1 is 0.968 bits per heavy atom. The van der Waals surface area contributed by atoms with Gasteiger partial charge in [0.05, 0.1) is 10.6 Å². The van der Waals surface area contributed by atoms with E-state index >= 15 is 0 Å². The molecule has 1 saturated carbocycles. The highest BCUT2D eigenvalue weighted by Gasteiger charge is 2.27. The van der Waals surface area contributed by atoms with Crippen molar-refractivity contribution in [3.8, 4) is 5.75 Å². The number of rotatable bonds is 7. The molecule has 162 valence electrons. The van der Waals surface area contributed by atoms with Crippen LogP contribution < -0.4 is 4.72 Å². The van der Waals surface area contributed by atoms with Crippen LogP contribution >= 0.6 is 0 Å². The van der Waals surface area contributed by atoms with Gasteiger partial charge in [-0.25, -0.2) is 16.8 Å². The van der Waals surface area contributed by atoms with Gasteiger partial charge in [-0.05, 0) is 42.5 Å². The van der Waals surface area contributed by atoms with Crippen molar-refractivity contribution in [3.05, 3.63) is 60.2 Å². The number of hydrogen-bond donors (Lipinski definition) is 3. The number of benzene rings is 3. The molecule has 0 heterocycles. The summed E-state index contributed by atoms with van der Waals surface area (Å²) in [4.78, 5) is 10.3. The summed E-state index contributed by atoms with van der Waals surface area (Å²) in [5.74, 6) is -3.00. The second-order valence-electron chi connectivity index (χ2n) is 7.42. The third-order valence-electron chi connectivity index (χ3n) is 5.11. The van der Waals surface area contributed by atoms with Gasteiger partial charge in [0.1, 0.15) is 10.6 Å². The standard InChI is InChI=1S/C21H19NO7S2/c23-20(24)12-30(26,27)19-11-18(16-3-1-2-4-17(16)21(19)25)22-31(28,29)15-9-7-14(8-10-15)13-5-6-13/h1-4,7-11,13,22,25H,5-6,12H2,(H,23,24). The molecular formula is C21H19NO7S2. The van der Waals surface area contributed by atoms with E-state index in [1.54, 1.807) is 24.3 Å². The zero-order chi connectivity index (χ0) is 22.4. The van der Waals surface area contributed by atoms with Gasteiger partial charge in [-0.3, -0.25) is 9.52 Å². The van der Waals surface area contributed by atoms with Crippen molar-refractivity contribution in [2.75, 3.05) is 10.5 Å². The largest absolute Gasteiger partial charge is 0.506 e. The Kier molecular flexibility index (Phi) is 5.14. The lowest BCUT2D eigenvalue weighted by atomic mass is 10.1. The minimum absolute atomic E-state index is 0.00370. The van der Waals surface area contributed by atoms with Crippen molar-refractivity contribution < 1.29 is 31.8 Å². The van der Waals surface area contributed by atoms with E-state index in [2.05, 4.69) is 4.72 Å². The quantitative estimate of drug-likeness (QED) is 0.460. The number of phenolic OH excluding ortho intramolecular Hbond substituents is 1. The Labute approximate surface area is 179 Å². The molecule has 10 heteroatoms. The Morgan fingerprint density at radius 3 is 2.16 bits per heavy atom. The van der Waals surface area contributed by atoms with Crippen LogP contribution in [0, 0.1) is 0 Å². The van der Waals surface area contributed by atoms with Crippen LogP contribution in [0.15, 0.2) is 64.4 Å². The topological polar surface area (TPSA) is 138 Å². The van der Waals surface area contributed by atoms with E-state index in [1.807, 2.05) is 0 Å². The van der Waals surface area contributed by atoms with E-state index in [0.29, 0.717) is 5.92 Å². The molecule has 0 saturated heterocycles. The molecule has 31 heavy (non-hydrogen) atoms. The highest BCUT2D eigenvalue weighted by molar-refractivity contribution is 7.93. The lowest BCUT2D eigenvalue weighted by Crippen LogP contribution is -2.17. The van der Waals surface area contributed by atoms with Gasteiger partial charge in [-0.2, -0.15) is 0 Å². The average Bonchev–Trinajstić information content (AvgIpc) is 3.54. The number of aliphatic carboxylic acids is 1. The molecule has 3 N–H and O–H groups in total. The number of nitrogens with one attached hydrogen (secondary N) is 1. The number of carboxylic acids is 1. The normalized spacial score (nSPS) is 14.5. The molecule has 0 atom stereocenters. The molecule has 1 aliphatic carbocycles. The highest BCUT2D eigenvalue weighted by atomic mass is 32.2. The third kappa shape index (κ3) is 4.21. The predicted octanol–water partition coefficient (Wildman–Crippen LogP) is 3.08. The number of phenols is 1. The van der Waals surface area contributed by atoms with Crippen LogP contribution in [0.2, 0.25) is 0 Å². The SMILES string of the molecule is O=C(O)CS(=O)(=O)c1cc(NS(=O)(=O)c2ccc(C3CC3)cc2)c2ccccc2c1O. The summed E-state index contributed by atoms with van der Waals surface area (Å²) in [6, 6.07) is 13.5. The van der Waals surface area contributed by atoms with Crippen molar-refractivity contribution in [1.82, 2.24) is 0 Å². The summed E-state index contributed by atoms with van der Waals surface area (Å²) in [5, 5.41) is 19.7. The number of carbonyl (C=O) groups is 1. The summed E-state index contributed by atoms with van der Waals surface area (Å²) in [6.45, 7) is 0. The Hall–Kier alpha value is -3.11. The van der Waals surface area contributed by atoms with Crippen LogP contribution in [0.1, 0.15) is 24.3 Å². The van der Waals surface area contributed by atoms with E-state index in [9.17, 15) is 26.7 Å². The number of anilines is 1. The summed E-state index contributed by atoms with van der Waals surface area (Å²) in [7, 11) is -8.48. The molecule has 0 amide bonds. The summed E-state index contributed by atoms with van der Waals surface area (Å²) >= 11 is 0. The number of fused-ring (bicyclic) bond motifs is 1. The van der Waals surface area contributed by atoms with Gasteiger partial charge in [-0.1, -0.05) is 36.4 Å². The first kappa shape index (κ1) is 21.1. The van der Waals surface area contributed by atoms with Gasteiger partial charge in [0, 0.05) is 10.8 Å². The molecule has 0 unspecified atom stereocenters. The number of sulfonamides is 1. The average molecular weight is 462 g/mol. The van der Waals surface area contributed by atoms with E-state index in [-0.39, 0.29) is 21.4 Å². The molecule has 4 rings (SSSR count). The van der Waals surface area contributed by atoms with Gasteiger partial charge in [-0.15, -0.1) is 0 Å². The Balaban J connectivity index is 1.81. The van der Waals surface area contributed by atoms with Crippen molar-refractivity contribution in [2.45, 2.75) is 28.6 Å². The van der Waals surface area contributed by atoms with Crippen molar-refractivity contribution in [3.63, 3.8) is 0 Å². The van der Waals surface area contributed by atoms with Crippen LogP contribution in [-0.4, -0.2) is 38.8 Å². The molecule has 0 radical (unpaired) electrons. The zero-order valence-electron chi connectivity index (χ0n) is 16.1. The number of aromatic hydroxyl groups is 1. The molecule has 0 aliphatic heterocycles. The van der Waals surface area contributed by atoms with Gasteiger partial charge >= 0.3 is 5.97 Å². The first-order chi connectivity index (χ1) is 14.6. The fraction of sp³-hybridized carbons (Fsp3) is 0.190. The van der Waals surface area contributed by atoms with Crippen LogP contribution in [-0.2, 0) is 24.7 Å². The van der Waals surface area contributed by atoms with Crippen molar-refractivity contribution >= 4 is 42.3 Å². The first-order valence-electron chi connectivity index (χ1n) is 9.40. The lowest BCUT2D eigenvalue weighted by molar-refractivity contribution is -0.134. The Bertz CT molecular complexity index is 1390. The monoisotopic (exact) mass is 461 g/mol. The molecule has 8 nitrogen and oxygen atoms in total. The van der Waals surface area contributed by atoms with Gasteiger partial charge < -0.3 is 10.2 Å². The summed E-state index contributed by atoms with van der Waals surface area (Å²) in [6.07, 6.45) is 2.16. The lowest BCUT2D eigenvalue weighted by Gasteiger charge is -2.15. The smallest absolute Gasteiger partial charge is 0.319 e. The first-order valence-corrected chi connectivity index (χ1v) is 12.5. The van der Waals surface area contributed by atoms with Gasteiger partial charge in [0.2, 0.25) is 0 Å². The minimum atomic E-state index is -4.42. The summed E-state index contributed by atoms with van der Waals surface area (Å²) < 4.78 is 53.2. The van der Waals surface area contributed by atoms with Crippen molar-refractivity contribution in [2.24, 2.45) is 0 Å². The van der Waals surface area contributed by atoms with E-state index in [4.69, 9.17) is 5.11 Å². The maximum atomic E-state index is 12.9. The number of hydrogen-bond acceptors (Lipinski definition) is 6. The zero-order valence-corrected chi connectivity index (χ0v) is 17.8. The van der Waals surface area contributed by atoms with Crippen LogP contribution in [0.4, 0.5) is 5.69 Å². The van der Waals surface area contributed by atoms with Gasteiger partial charge in [0.25, 0.3) is 10.0 Å². The maximum Gasteiger partial charge on any atom is 0.319 e. The predicted molar refractivity (Wildman–Crippen MR) is 115 cm³/mol. The van der Waals surface area contributed by atoms with Crippen LogP contribution in [0.25, 0.3) is 10.8 Å². The molecule has 1 fully saturated rings. The van der Waals surface area contributed by atoms with E-state index in [0.717, 1.165) is 24.5 Å². The molecule has 0 spiro atoms. The maximum absolute atomic E-state index is 12.9. The molecule has 3 aromatic carbocycles. The molecule has 1 aliphatic rings. The minimum Gasteiger partial charge on any atom is -0.506 e. The number of carboxylic acid groups (broad SMARTS) is 1. The highest BCUT2D eigenvalue weighted by Crippen LogP contribution is 2.41. The van der Waals surface area contributed by atoms with Crippen LogP contribution in [0.3, 0.4) is 0 Å². The molecule has 0 bridgehead atoms. The second-order valence-corrected chi connectivity index (χ2v) is 11.1. The second kappa shape index (κ2) is 7.54. The number of sulfone groups is 1. The van der Waals surface area contributed by atoms with Gasteiger partial charge in [0.15, 0.2) is 15.6 Å². The third-order valence-corrected chi connectivity index (χ3v) is 8.10. The fourth-order valence-electron chi connectivity index (χ4n) is 3.44. The Morgan fingerprint density at radius 2 is 1.58 bits per heavy atom. The fourth-order valence-corrected chi connectivity index (χ4v) is 5.69. The molecule has 0 aromatic heterocycles. The van der Waals surface area contributed by atoms with Crippen molar-refractivity contribution in [1.29, 1.82) is 0 Å². The summed E-state index contributed by atoms with van der Waals surface area (Å²) in [5.41, 5.74) is 0.986. The van der Waals surface area contributed by atoms with E-state index in [1.165, 1.54) is 24.3 Å². The van der Waals surface area contributed by atoms with Crippen LogP contribution in [0.5, 0.6) is 5.75 Å². The molecular weight excluding hydrogens is 442 g/mol.